The molecule has 0 spiro atoms. The van der Waals surface area contributed by atoms with E-state index < -0.39 is 0 Å². The minimum Gasteiger partial charge on any atom is -0.490 e. The molecular formula is C22H30N2O4. The van der Waals surface area contributed by atoms with Crippen LogP contribution in [0.25, 0.3) is 0 Å². The van der Waals surface area contributed by atoms with Gasteiger partial charge in [0.25, 0.3) is 5.91 Å². The summed E-state index contributed by atoms with van der Waals surface area (Å²) in [6.07, 6.45) is 0. The Kier molecular flexibility index (Phi) is 7.55. The number of hydrogen-bond donors (Lipinski definition) is 0. The first-order valence-electron chi connectivity index (χ1n) is 9.54. The Balaban J connectivity index is 2.39. The molecule has 0 fully saturated rings. The number of rotatable bonds is 9. The Hall–Kier alpha value is -2.89. The molecule has 0 atom stereocenters. The number of ether oxygens (including phenoxy) is 3. The van der Waals surface area contributed by atoms with Crippen LogP contribution in [0.5, 0.6) is 17.2 Å². The van der Waals surface area contributed by atoms with E-state index in [4.69, 9.17) is 14.2 Å². The van der Waals surface area contributed by atoms with Crippen molar-refractivity contribution in [2.45, 2.75) is 20.8 Å². The van der Waals surface area contributed by atoms with Crippen molar-refractivity contribution in [1.29, 1.82) is 0 Å². The van der Waals surface area contributed by atoms with Crippen molar-refractivity contribution in [2.24, 2.45) is 0 Å². The lowest BCUT2D eigenvalue weighted by Crippen LogP contribution is -2.26. The molecule has 2 aromatic rings. The second-order valence-electron chi connectivity index (χ2n) is 6.38. The zero-order valence-corrected chi connectivity index (χ0v) is 17.6. The molecule has 2 aromatic carbocycles. The summed E-state index contributed by atoms with van der Waals surface area (Å²) >= 11 is 0. The highest BCUT2D eigenvalue weighted by molar-refractivity contribution is 6.06. The van der Waals surface area contributed by atoms with Gasteiger partial charge in [-0.3, -0.25) is 4.79 Å². The predicted molar refractivity (Wildman–Crippen MR) is 113 cm³/mol. The van der Waals surface area contributed by atoms with Gasteiger partial charge < -0.3 is 24.0 Å². The summed E-state index contributed by atoms with van der Waals surface area (Å²) in [5.41, 5.74) is 2.36. The van der Waals surface area contributed by atoms with Gasteiger partial charge in [-0.05, 0) is 57.2 Å². The van der Waals surface area contributed by atoms with Crippen molar-refractivity contribution in [2.75, 3.05) is 50.8 Å². The third kappa shape index (κ3) is 4.88. The highest BCUT2D eigenvalue weighted by Crippen LogP contribution is 2.39. The molecule has 0 radical (unpaired) electrons. The fourth-order valence-corrected chi connectivity index (χ4v) is 2.80. The van der Waals surface area contributed by atoms with Crippen LogP contribution < -0.4 is 24.0 Å². The second kappa shape index (κ2) is 9.88. The fraction of sp³-hybridized carbons (Fsp3) is 0.409. The molecule has 0 bridgehead atoms. The molecule has 0 unspecified atom stereocenters. The van der Waals surface area contributed by atoms with Crippen LogP contribution in [0.2, 0.25) is 0 Å². The van der Waals surface area contributed by atoms with Gasteiger partial charge in [0.2, 0.25) is 5.75 Å². The summed E-state index contributed by atoms with van der Waals surface area (Å²) < 4.78 is 17.1. The summed E-state index contributed by atoms with van der Waals surface area (Å²) in [7, 11) is 5.72. The average Bonchev–Trinajstić information content (AvgIpc) is 2.69. The molecular weight excluding hydrogens is 356 g/mol. The van der Waals surface area contributed by atoms with Crippen molar-refractivity contribution in [3.05, 3.63) is 42.0 Å². The lowest BCUT2D eigenvalue weighted by molar-refractivity contribution is 0.0992. The summed E-state index contributed by atoms with van der Waals surface area (Å²) in [4.78, 5) is 16.7. The van der Waals surface area contributed by atoms with Gasteiger partial charge in [-0.2, -0.15) is 0 Å². The van der Waals surface area contributed by atoms with Crippen LogP contribution in [-0.4, -0.2) is 46.9 Å². The van der Waals surface area contributed by atoms with Crippen LogP contribution in [-0.2, 0) is 0 Å². The minimum atomic E-state index is -0.150. The smallest absolute Gasteiger partial charge is 0.258 e. The van der Waals surface area contributed by atoms with Gasteiger partial charge in [-0.15, -0.1) is 0 Å². The van der Waals surface area contributed by atoms with Crippen LogP contribution in [0.15, 0.2) is 36.4 Å². The molecule has 0 aliphatic heterocycles. The van der Waals surface area contributed by atoms with E-state index >= 15 is 0 Å². The third-order valence-electron chi connectivity index (χ3n) is 4.21. The quantitative estimate of drug-likeness (QED) is 0.646. The molecule has 2 rings (SSSR count). The molecule has 0 saturated carbocycles. The molecule has 6 nitrogen and oxygen atoms in total. The second-order valence-corrected chi connectivity index (χ2v) is 6.38. The number of hydrogen-bond acceptors (Lipinski definition) is 5. The highest BCUT2D eigenvalue weighted by atomic mass is 16.5. The van der Waals surface area contributed by atoms with Gasteiger partial charge in [-0.1, -0.05) is 0 Å². The first-order valence-corrected chi connectivity index (χ1v) is 9.54. The number of anilines is 2. The third-order valence-corrected chi connectivity index (χ3v) is 4.21. The van der Waals surface area contributed by atoms with Crippen molar-refractivity contribution < 1.29 is 19.0 Å². The Morgan fingerprint density at radius 3 is 1.68 bits per heavy atom. The first-order chi connectivity index (χ1) is 13.4. The number of amides is 1. The van der Waals surface area contributed by atoms with Gasteiger partial charge in [-0.25, -0.2) is 0 Å². The maximum absolute atomic E-state index is 13.1. The van der Waals surface area contributed by atoms with Gasteiger partial charge in [0, 0.05) is 38.1 Å². The number of carbonyl (C=O) groups is 1. The van der Waals surface area contributed by atoms with Crippen molar-refractivity contribution in [3.8, 4) is 17.2 Å². The van der Waals surface area contributed by atoms with E-state index in [0.717, 1.165) is 11.4 Å². The van der Waals surface area contributed by atoms with Crippen molar-refractivity contribution in [1.82, 2.24) is 0 Å². The number of benzene rings is 2. The SMILES string of the molecule is CCOc1cc(C(=O)N(C)c2ccc(N(C)C)cc2)cc(OCC)c1OCC. The summed E-state index contributed by atoms with van der Waals surface area (Å²) in [5.74, 6) is 1.40. The van der Waals surface area contributed by atoms with Crippen molar-refractivity contribution in [3.63, 3.8) is 0 Å². The Morgan fingerprint density at radius 1 is 0.786 bits per heavy atom. The van der Waals surface area contributed by atoms with E-state index in [-0.39, 0.29) is 5.91 Å². The number of carbonyl (C=O) groups excluding carboxylic acids is 1. The Labute approximate surface area is 167 Å². The molecule has 0 aliphatic rings. The normalized spacial score (nSPS) is 10.4. The molecule has 0 aliphatic carbocycles. The highest BCUT2D eigenvalue weighted by Gasteiger charge is 2.21. The topological polar surface area (TPSA) is 51.2 Å². The molecule has 0 N–H and O–H groups in total. The van der Waals surface area contributed by atoms with Crippen LogP contribution in [0.3, 0.4) is 0 Å². The van der Waals surface area contributed by atoms with Crippen LogP contribution in [0.4, 0.5) is 11.4 Å². The first kappa shape index (κ1) is 21.4. The lowest BCUT2D eigenvalue weighted by atomic mass is 10.1. The largest absolute Gasteiger partial charge is 0.490 e. The summed E-state index contributed by atoms with van der Waals surface area (Å²) in [5, 5.41) is 0. The maximum Gasteiger partial charge on any atom is 0.258 e. The monoisotopic (exact) mass is 386 g/mol. The van der Waals surface area contributed by atoms with E-state index in [1.807, 2.05) is 64.0 Å². The zero-order valence-electron chi connectivity index (χ0n) is 17.6. The number of nitrogens with zero attached hydrogens (tertiary/aromatic N) is 2. The molecule has 6 heteroatoms. The van der Waals surface area contributed by atoms with E-state index in [9.17, 15) is 4.79 Å². The van der Waals surface area contributed by atoms with Crippen molar-refractivity contribution >= 4 is 17.3 Å². The average molecular weight is 386 g/mol. The van der Waals surface area contributed by atoms with E-state index in [1.165, 1.54) is 0 Å². The van der Waals surface area contributed by atoms with Gasteiger partial charge in [0.1, 0.15) is 0 Å². The van der Waals surface area contributed by atoms with E-state index in [2.05, 4.69) is 0 Å². The Morgan fingerprint density at radius 2 is 1.25 bits per heavy atom. The van der Waals surface area contributed by atoms with Crippen LogP contribution in [0.1, 0.15) is 31.1 Å². The molecule has 0 heterocycles. The van der Waals surface area contributed by atoms with Gasteiger partial charge >= 0.3 is 0 Å². The molecule has 152 valence electrons. The molecule has 0 saturated heterocycles. The maximum atomic E-state index is 13.1. The fourth-order valence-electron chi connectivity index (χ4n) is 2.80. The molecule has 0 aromatic heterocycles. The van der Waals surface area contributed by atoms with E-state index in [1.54, 1.807) is 24.1 Å². The van der Waals surface area contributed by atoms with Crippen LogP contribution >= 0.6 is 0 Å². The van der Waals surface area contributed by atoms with Gasteiger partial charge in [0.15, 0.2) is 11.5 Å². The minimum absolute atomic E-state index is 0.150. The standard InChI is InChI=1S/C22H30N2O4/c1-7-26-19-14-16(15-20(27-8-2)21(19)28-9-3)22(25)24(6)18-12-10-17(11-13-18)23(4)5/h10-15H,7-9H2,1-6H3. The molecule has 1 amide bonds. The van der Waals surface area contributed by atoms with E-state index in [0.29, 0.717) is 42.6 Å². The predicted octanol–water partition coefficient (Wildman–Crippen LogP) is 4.23. The van der Waals surface area contributed by atoms with Gasteiger partial charge in [0.05, 0.1) is 19.8 Å². The zero-order chi connectivity index (χ0) is 20.7. The summed E-state index contributed by atoms with van der Waals surface area (Å²) in [6.45, 7) is 7.09. The van der Waals surface area contributed by atoms with Crippen LogP contribution in [0, 0.1) is 0 Å². The lowest BCUT2D eigenvalue weighted by Gasteiger charge is -2.21. The Bertz CT molecular complexity index is 761. The molecule has 28 heavy (non-hydrogen) atoms. The summed E-state index contributed by atoms with van der Waals surface area (Å²) in [6, 6.07) is 11.2.